The molecule has 0 N–H and O–H groups in total. The molecule has 2 aromatic rings. The molecular formula is C15H12N2O6. The SMILES string of the molecule is COC(=O)c1cc(-c2ccc([N+](=O)[O-])cc2)cc(C(=O)OC)n1. The van der Waals surface area contributed by atoms with E-state index in [1.54, 1.807) is 0 Å². The summed E-state index contributed by atoms with van der Waals surface area (Å²) in [6, 6.07) is 8.53. The van der Waals surface area contributed by atoms with E-state index >= 15 is 0 Å². The lowest BCUT2D eigenvalue weighted by atomic mass is 10.0. The van der Waals surface area contributed by atoms with Gasteiger partial charge in [0.1, 0.15) is 11.4 Å². The molecule has 0 aliphatic rings. The van der Waals surface area contributed by atoms with E-state index in [1.165, 1.54) is 50.6 Å². The third-order valence-electron chi connectivity index (χ3n) is 3.03. The van der Waals surface area contributed by atoms with Crippen LogP contribution < -0.4 is 0 Å². The zero-order valence-corrected chi connectivity index (χ0v) is 12.3. The van der Waals surface area contributed by atoms with Crippen molar-refractivity contribution < 1.29 is 24.0 Å². The molecule has 1 aromatic heterocycles. The predicted molar refractivity (Wildman–Crippen MR) is 79.0 cm³/mol. The van der Waals surface area contributed by atoms with E-state index in [-0.39, 0.29) is 17.1 Å². The van der Waals surface area contributed by atoms with E-state index in [9.17, 15) is 19.7 Å². The van der Waals surface area contributed by atoms with Gasteiger partial charge in [0.15, 0.2) is 0 Å². The number of nitro benzene ring substituents is 1. The first-order chi connectivity index (χ1) is 11.0. The summed E-state index contributed by atoms with van der Waals surface area (Å²) in [5.41, 5.74) is 0.862. The summed E-state index contributed by atoms with van der Waals surface area (Å²) in [5.74, 6) is -1.42. The van der Waals surface area contributed by atoms with E-state index in [0.717, 1.165) is 0 Å². The maximum Gasteiger partial charge on any atom is 0.356 e. The van der Waals surface area contributed by atoms with Crippen molar-refractivity contribution in [3.05, 3.63) is 57.9 Å². The molecule has 8 nitrogen and oxygen atoms in total. The zero-order valence-electron chi connectivity index (χ0n) is 12.3. The Morgan fingerprint density at radius 1 is 0.957 bits per heavy atom. The van der Waals surface area contributed by atoms with Crippen molar-refractivity contribution in [3.63, 3.8) is 0 Å². The van der Waals surface area contributed by atoms with Crippen molar-refractivity contribution in [1.82, 2.24) is 4.98 Å². The largest absolute Gasteiger partial charge is 0.464 e. The predicted octanol–water partition coefficient (Wildman–Crippen LogP) is 2.23. The normalized spacial score (nSPS) is 10.0. The molecule has 0 saturated heterocycles. The first-order valence-corrected chi connectivity index (χ1v) is 6.40. The molecule has 1 aromatic carbocycles. The smallest absolute Gasteiger partial charge is 0.356 e. The molecule has 0 fully saturated rings. The molecule has 0 atom stereocenters. The molecule has 0 aliphatic heterocycles. The molecular weight excluding hydrogens is 304 g/mol. The Morgan fingerprint density at radius 2 is 1.43 bits per heavy atom. The lowest BCUT2D eigenvalue weighted by Gasteiger charge is -2.07. The van der Waals surface area contributed by atoms with E-state index < -0.39 is 16.9 Å². The van der Waals surface area contributed by atoms with Crippen molar-refractivity contribution >= 4 is 17.6 Å². The Balaban J connectivity index is 2.53. The standard InChI is InChI=1S/C15H12N2O6/c1-22-14(18)12-7-10(8-13(16-12)15(19)23-2)9-3-5-11(6-4-9)17(20)21/h3-8H,1-2H3. The lowest BCUT2D eigenvalue weighted by Crippen LogP contribution is -2.11. The number of benzene rings is 1. The summed E-state index contributed by atoms with van der Waals surface area (Å²) < 4.78 is 9.21. The summed E-state index contributed by atoms with van der Waals surface area (Å²) in [6.07, 6.45) is 0. The number of esters is 2. The molecule has 0 radical (unpaired) electrons. The number of methoxy groups -OCH3 is 2. The van der Waals surface area contributed by atoms with Crippen LogP contribution in [0.2, 0.25) is 0 Å². The quantitative estimate of drug-likeness (QED) is 0.483. The minimum atomic E-state index is -0.709. The van der Waals surface area contributed by atoms with Crippen LogP contribution in [0.1, 0.15) is 21.0 Å². The third kappa shape index (κ3) is 3.49. The van der Waals surface area contributed by atoms with Gasteiger partial charge in [-0.1, -0.05) is 0 Å². The molecule has 0 spiro atoms. The molecule has 0 saturated carbocycles. The van der Waals surface area contributed by atoms with Crippen LogP contribution in [0.3, 0.4) is 0 Å². The molecule has 1 heterocycles. The van der Waals surface area contributed by atoms with Crippen molar-refractivity contribution in [3.8, 4) is 11.1 Å². The van der Waals surface area contributed by atoms with Gasteiger partial charge < -0.3 is 9.47 Å². The van der Waals surface area contributed by atoms with Crippen LogP contribution in [0, 0.1) is 10.1 Å². The number of rotatable bonds is 4. The molecule has 0 aliphatic carbocycles. The Kier molecular flexibility index (Phi) is 4.65. The van der Waals surface area contributed by atoms with Gasteiger partial charge in [-0.3, -0.25) is 10.1 Å². The number of pyridine rings is 1. The third-order valence-corrected chi connectivity index (χ3v) is 3.03. The van der Waals surface area contributed by atoms with Crippen molar-refractivity contribution in [2.24, 2.45) is 0 Å². The number of aromatic nitrogens is 1. The average Bonchev–Trinajstić information content (AvgIpc) is 2.59. The number of nitro groups is 1. The average molecular weight is 316 g/mol. The van der Waals surface area contributed by atoms with Crippen LogP contribution >= 0.6 is 0 Å². The van der Waals surface area contributed by atoms with Gasteiger partial charge in [0, 0.05) is 12.1 Å². The molecule has 118 valence electrons. The minimum absolute atomic E-state index is 0.0656. The summed E-state index contributed by atoms with van der Waals surface area (Å²) in [6.45, 7) is 0. The number of ether oxygens (including phenoxy) is 2. The van der Waals surface area contributed by atoms with Crippen LogP contribution in [0.15, 0.2) is 36.4 Å². The highest BCUT2D eigenvalue weighted by molar-refractivity contribution is 5.94. The van der Waals surface area contributed by atoms with Gasteiger partial charge in [-0.25, -0.2) is 14.6 Å². The number of hydrogen-bond acceptors (Lipinski definition) is 7. The van der Waals surface area contributed by atoms with Crippen molar-refractivity contribution in [2.75, 3.05) is 14.2 Å². The minimum Gasteiger partial charge on any atom is -0.464 e. The summed E-state index contributed by atoms with van der Waals surface area (Å²) in [5, 5.41) is 10.7. The summed E-state index contributed by atoms with van der Waals surface area (Å²) in [7, 11) is 2.39. The molecule has 0 amide bonds. The maximum absolute atomic E-state index is 11.7. The fourth-order valence-corrected chi connectivity index (χ4v) is 1.89. The van der Waals surface area contributed by atoms with Gasteiger partial charge in [0.2, 0.25) is 0 Å². The second-order valence-corrected chi connectivity index (χ2v) is 4.41. The van der Waals surface area contributed by atoms with E-state index in [2.05, 4.69) is 14.5 Å². The van der Waals surface area contributed by atoms with Gasteiger partial charge >= 0.3 is 11.9 Å². The molecule has 8 heteroatoms. The van der Waals surface area contributed by atoms with Gasteiger partial charge in [-0.2, -0.15) is 0 Å². The first-order valence-electron chi connectivity index (χ1n) is 6.40. The fraction of sp³-hybridized carbons (Fsp3) is 0.133. The number of carbonyl (C=O) groups excluding carboxylic acids is 2. The second-order valence-electron chi connectivity index (χ2n) is 4.41. The van der Waals surface area contributed by atoms with Crippen molar-refractivity contribution in [1.29, 1.82) is 0 Å². The fourth-order valence-electron chi connectivity index (χ4n) is 1.89. The molecule has 0 bridgehead atoms. The van der Waals surface area contributed by atoms with Gasteiger partial charge in [0.25, 0.3) is 5.69 Å². The summed E-state index contributed by atoms with van der Waals surface area (Å²) >= 11 is 0. The number of hydrogen-bond donors (Lipinski definition) is 0. The topological polar surface area (TPSA) is 109 Å². The van der Waals surface area contributed by atoms with E-state index in [4.69, 9.17) is 0 Å². The second kappa shape index (κ2) is 6.65. The number of carbonyl (C=O) groups is 2. The number of nitrogens with zero attached hydrogens (tertiary/aromatic N) is 2. The molecule has 0 unspecified atom stereocenters. The summed E-state index contributed by atoms with van der Waals surface area (Å²) in [4.78, 5) is 37.4. The van der Waals surface area contributed by atoms with E-state index in [1.807, 2.05) is 0 Å². The first kappa shape index (κ1) is 16.1. The molecule has 23 heavy (non-hydrogen) atoms. The van der Waals surface area contributed by atoms with Crippen LogP contribution in [0.25, 0.3) is 11.1 Å². The van der Waals surface area contributed by atoms with Crippen LogP contribution in [-0.4, -0.2) is 36.1 Å². The molecule has 2 rings (SSSR count). The highest BCUT2D eigenvalue weighted by atomic mass is 16.6. The zero-order chi connectivity index (χ0) is 17.0. The maximum atomic E-state index is 11.7. The highest BCUT2D eigenvalue weighted by Gasteiger charge is 2.16. The van der Waals surface area contributed by atoms with Gasteiger partial charge in [0.05, 0.1) is 19.1 Å². The van der Waals surface area contributed by atoms with E-state index in [0.29, 0.717) is 11.1 Å². The van der Waals surface area contributed by atoms with Gasteiger partial charge in [-0.05, 0) is 35.4 Å². The Morgan fingerprint density at radius 3 is 1.83 bits per heavy atom. The van der Waals surface area contributed by atoms with Crippen LogP contribution in [-0.2, 0) is 9.47 Å². The lowest BCUT2D eigenvalue weighted by molar-refractivity contribution is -0.384. The highest BCUT2D eigenvalue weighted by Crippen LogP contribution is 2.24. The Bertz CT molecular complexity index is 736. The van der Waals surface area contributed by atoms with Crippen LogP contribution in [0.5, 0.6) is 0 Å². The monoisotopic (exact) mass is 316 g/mol. The number of non-ortho nitro benzene ring substituents is 1. The Hall–Kier alpha value is -3.29. The van der Waals surface area contributed by atoms with Gasteiger partial charge in [-0.15, -0.1) is 0 Å². The Labute approximate surface area is 130 Å². The van der Waals surface area contributed by atoms with Crippen LogP contribution in [0.4, 0.5) is 5.69 Å². The van der Waals surface area contributed by atoms with Crippen molar-refractivity contribution in [2.45, 2.75) is 0 Å².